The minimum absolute atomic E-state index is 0.0300. The molecule has 0 aliphatic carbocycles. The first-order valence-corrected chi connectivity index (χ1v) is 6.96. The number of rotatable bonds is 4. The van der Waals surface area contributed by atoms with Gasteiger partial charge in [-0.1, -0.05) is 18.2 Å². The minimum Gasteiger partial charge on any atom is -0.301 e. The zero-order valence-corrected chi connectivity index (χ0v) is 12.0. The van der Waals surface area contributed by atoms with Crippen molar-refractivity contribution in [3.63, 3.8) is 0 Å². The first-order chi connectivity index (χ1) is 10.1. The van der Waals surface area contributed by atoms with Crippen molar-refractivity contribution in [2.45, 2.75) is 25.9 Å². The summed E-state index contributed by atoms with van der Waals surface area (Å²) in [6, 6.07) is 12.5. The summed E-state index contributed by atoms with van der Waals surface area (Å²) in [5.41, 5.74) is 1.87. The maximum Gasteiger partial charge on any atom is 0.160 e. The van der Waals surface area contributed by atoms with E-state index < -0.39 is 0 Å². The molecule has 0 spiro atoms. The van der Waals surface area contributed by atoms with Gasteiger partial charge >= 0.3 is 0 Å². The molecule has 0 saturated heterocycles. The van der Waals surface area contributed by atoms with E-state index in [9.17, 15) is 4.39 Å². The zero-order valence-electron chi connectivity index (χ0n) is 12.0. The van der Waals surface area contributed by atoms with Crippen molar-refractivity contribution in [2.75, 3.05) is 0 Å². The summed E-state index contributed by atoms with van der Waals surface area (Å²) >= 11 is 0. The van der Waals surface area contributed by atoms with Crippen LogP contribution in [0.25, 0.3) is 5.65 Å². The molecule has 0 aliphatic rings. The number of fused-ring (bicyclic) bond motifs is 1. The highest BCUT2D eigenvalue weighted by Gasteiger charge is 2.16. The Hall–Kier alpha value is -2.27. The number of hydrogen-bond acceptors (Lipinski definition) is 3. The van der Waals surface area contributed by atoms with Crippen LogP contribution in [0.5, 0.6) is 0 Å². The molecule has 2 unspecified atom stereocenters. The summed E-state index contributed by atoms with van der Waals surface area (Å²) in [4.78, 5) is 0. The lowest BCUT2D eigenvalue weighted by Gasteiger charge is -2.19. The van der Waals surface area contributed by atoms with E-state index in [1.165, 1.54) is 12.1 Å². The van der Waals surface area contributed by atoms with Gasteiger partial charge in [-0.25, -0.2) is 4.39 Å². The zero-order chi connectivity index (χ0) is 14.8. The standard InChI is InChI=1S/C16H17FN4/c1-11(13-6-8-14(17)9-7-13)18-12(2)16-20-19-15-5-3-4-10-21(15)16/h3-12,18H,1-2H3. The molecule has 3 aromatic rings. The Morgan fingerprint density at radius 1 is 1.00 bits per heavy atom. The van der Waals surface area contributed by atoms with E-state index in [4.69, 9.17) is 0 Å². The summed E-state index contributed by atoms with van der Waals surface area (Å²) in [6.07, 6.45) is 1.95. The van der Waals surface area contributed by atoms with Crippen LogP contribution >= 0.6 is 0 Å². The predicted molar refractivity (Wildman–Crippen MR) is 79.4 cm³/mol. The molecule has 4 nitrogen and oxygen atoms in total. The van der Waals surface area contributed by atoms with Gasteiger partial charge in [0.15, 0.2) is 11.5 Å². The van der Waals surface area contributed by atoms with Crippen LogP contribution in [-0.2, 0) is 0 Å². The Morgan fingerprint density at radius 3 is 2.52 bits per heavy atom. The first-order valence-electron chi connectivity index (χ1n) is 6.96. The number of nitrogens with one attached hydrogen (secondary N) is 1. The molecule has 2 atom stereocenters. The molecule has 0 amide bonds. The van der Waals surface area contributed by atoms with E-state index in [-0.39, 0.29) is 17.9 Å². The fourth-order valence-electron chi connectivity index (χ4n) is 2.45. The van der Waals surface area contributed by atoms with Gasteiger partial charge in [0.1, 0.15) is 5.82 Å². The van der Waals surface area contributed by atoms with Gasteiger partial charge in [0.2, 0.25) is 0 Å². The van der Waals surface area contributed by atoms with Crippen molar-refractivity contribution in [3.05, 3.63) is 65.9 Å². The van der Waals surface area contributed by atoms with Gasteiger partial charge in [-0.05, 0) is 43.7 Å². The smallest absolute Gasteiger partial charge is 0.160 e. The van der Waals surface area contributed by atoms with Crippen LogP contribution in [-0.4, -0.2) is 14.6 Å². The molecule has 1 aromatic carbocycles. The lowest BCUT2D eigenvalue weighted by molar-refractivity contribution is 0.473. The Balaban J connectivity index is 1.79. The molecular weight excluding hydrogens is 267 g/mol. The Kier molecular flexibility index (Phi) is 3.66. The minimum atomic E-state index is -0.220. The second-order valence-electron chi connectivity index (χ2n) is 5.15. The summed E-state index contributed by atoms with van der Waals surface area (Å²) in [5, 5.41) is 11.9. The molecule has 2 aromatic heterocycles. The van der Waals surface area contributed by atoms with Crippen LogP contribution in [0.3, 0.4) is 0 Å². The highest BCUT2D eigenvalue weighted by molar-refractivity contribution is 5.37. The van der Waals surface area contributed by atoms with E-state index in [1.54, 1.807) is 12.1 Å². The molecule has 0 bridgehead atoms. The SMILES string of the molecule is CC(NC(C)c1nnc2ccccn12)c1ccc(F)cc1. The van der Waals surface area contributed by atoms with E-state index in [0.717, 1.165) is 17.0 Å². The number of pyridine rings is 1. The van der Waals surface area contributed by atoms with Gasteiger partial charge in [-0.3, -0.25) is 4.40 Å². The summed E-state index contributed by atoms with van der Waals surface area (Å²) in [6.45, 7) is 4.09. The maximum atomic E-state index is 13.0. The van der Waals surface area contributed by atoms with Gasteiger partial charge in [0, 0.05) is 12.2 Å². The van der Waals surface area contributed by atoms with Gasteiger partial charge in [0.25, 0.3) is 0 Å². The second kappa shape index (κ2) is 5.61. The van der Waals surface area contributed by atoms with Crippen molar-refractivity contribution in [3.8, 4) is 0 Å². The third-order valence-electron chi connectivity index (χ3n) is 3.60. The van der Waals surface area contributed by atoms with E-state index in [0.29, 0.717) is 0 Å². The molecule has 0 saturated carbocycles. The van der Waals surface area contributed by atoms with Crippen LogP contribution in [0.2, 0.25) is 0 Å². The lowest BCUT2D eigenvalue weighted by atomic mass is 10.1. The molecule has 108 valence electrons. The van der Waals surface area contributed by atoms with Crippen molar-refractivity contribution < 1.29 is 4.39 Å². The van der Waals surface area contributed by atoms with Crippen LogP contribution in [0.1, 0.15) is 37.3 Å². The number of hydrogen-bond donors (Lipinski definition) is 1. The summed E-state index contributed by atoms with van der Waals surface area (Å²) in [5.74, 6) is 0.641. The average molecular weight is 284 g/mol. The van der Waals surface area contributed by atoms with Crippen molar-refractivity contribution >= 4 is 5.65 Å². The van der Waals surface area contributed by atoms with Crippen LogP contribution in [0, 0.1) is 5.82 Å². The molecule has 3 rings (SSSR count). The van der Waals surface area contributed by atoms with Crippen molar-refractivity contribution in [1.29, 1.82) is 0 Å². The molecule has 1 N–H and O–H groups in total. The molecule has 2 heterocycles. The van der Waals surface area contributed by atoms with E-state index in [1.807, 2.05) is 42.6 Å². The normalized spacial score (nSPS) is 14.2. The fraction of sp³-hybridized carbons (Fsp3) is 0.250. The van der Waals surface area contributed by atoms with Crippen LogP contribution < -0.4 is 5.32 Å². The van der Waals surface area contributed by atoms with Gasteiger partial charge in [-0.15, -0.1) is 10.2 Å². The third-order valence-corrected chi connectivity index (χ3v) is 3.60. The van der Waals surface area contributed by atoms with Crippen molar-refractivity contribution in [1.82, 2.24) is 19.9 Å². The molecule has 5 heteroatoms. The maximum absolute atomic E-state index is 13.0. The molecular formula is C16H17FN4. The second-order valence-corrected chi connectivity index (χ2v) is 5.15. The molecule has 0 fully saturated rings. The van der Waals surface area contributed by atoms with Gasteiger partial charge in [-0.2, -0.15) is 0 Å². The number of halogens is 1. The van der Waals surface area contributed by atoms with Gasteiger partial charge in [0.05, 0.1) is 6.04 Å². The molecule has 0 radical (unpaired) electrons. The Morgan fingerprint density at radius 2 is 1.76 bits per heavy atom. The first kappa shape index (κ1) is 13.7. The quantitative estimate of drug-likeness (QED) is 0.799. The van der Waals surface area contributed by atoms with Crippen LogP contribution in [0.15, 0.2) is 48.7 Å². The highest BCUT2D eigenvalue weighted by Crippen LogP contribution is 2.19. The van der Waals surface area contributed by atoms with Crippen LogP contribution in [0.4, 0.5) is 4.39 Å². The molecule has 0 aliphatic heterocycles. The monoisotopic (exact) mass is 284 g/mol. The van der Waals surface area contributed by atoms with Gasteiger partial charge < -0.3 is 5.32 Å². The lowest BCUT2D eigenvalue weighted by Crippen LogP contribution is -2.24. The fourth-order valence-corrected chi connectivity index (χ4v) is 2.45. The predicted octanol–water partition coefficient (Wildman–Crippen LogP) is 3.28. The number of benzene rings is 1. The number of aromatic nitrogens is 3. The van der Waals surface area contributed by atoms with Crippen molar-refractivity contribution in [2.24, 2.45) is 0 Å². The largest absolute Gasteiger partial charge is 0.301 e. The molecule has 21 heavy (non-hydrogen) atoms. The topological polar surface area (TPSA) is 42.2 Å². The van der Waals surface area contributed by atoms with E-state index in [2.05, 4.69) is 15.5 Å². The highest BCUT2D eigenvalue weighted by atomic mass is 19.1. The number of nitrogens with zero attached hydrogens (tertiary/aromatic N) is 3. The third kappa shape index (κ3) is 2.78. The van der Waals surface area contributed by atoms with E-state index >= 15 is 0 Å². The Labute approximate surface area is 122 Å². The summed E-state index contributed by atoms with van der Waals surface area (Å²) in [7, 11) is 0. The Bertz CT molecular complexity index is 735. The summed E-state index contributed by atoms with van der Waals surface area (Å²) < 4.78 is 14.9. The average Bonchev–Trinajstić information content (AvgIpc) is 2.92.